The summed E-state index contributed by atoms with van der Waals surface area (Å²) in [6.45, 7) is 1.41. The molecule has 1 aliphatic heterocycles. The minimum Gasteiger partial charge on any atom is -0.379 e. The molecule has 156 valence electrons. The van der Waals surface area contributed by atoms with E-state index in [4.69, 9.17) is 28.6 Å². The number of ether oxygens (including phenoxy) is 1. The van der Waals surface area contributed by atoms with Crippen LogP contribution in [0.15, 0.2) is 59.8 Å². The lowest BCUT2D eigenvalue weighted by Crippen LogP contribution is -2.40. The standard InChI is InChI=1S/C20H19ClN4O3S2/c21-17-5-4-15(30(26,27)25-8-10-28-11-9-25)12-19(17)24-20(29)23-18-3-1-2-14-13-22-7-6-16(14)18/h1-7,12-13H,8-11H2,(H2,23,24,29). The molecule has 1 aliphatic rings. The van der Waals surface area contributed by atoms with Crippen LogP contribution in [0.3, 0.4) is 0 Å². The molecule has 2 N–H and O–H groups in total. The molecule has 10 heteroatoms. The van der Waals surface area contributed by atoms with Gasteiger partial charge in [0.25, 0.3) is 0 Å². The Morgan fingerprint density at radius 3 is 2.67 bits per heavy atom. The maximum absolute atomic E-state index is 12.9. The number of hydrogen-bond donors (Lipinski definition) is 2. The van der Waals surface area contributed by atoms with E-state index in [1.54, 1.807) is 18.5 Å². The topological polar surface area (TPSA) is 83.6 Å². The van der Waals surface area contributed by atoms with Gasteiger partial charge in [-0.2, -0.15) is 4.31 Å². The van der Waals surface area contributed by atoms with Gasteiger partial charge < -0.3 is 15.4 Å². The van der Waals surface area contributed by atoms with Gasteiger partial charge in [-0.1, -0.05) is 23.7 Å². The van der Waals surface area contributed by atoms with E-state index < -0.39 is 10.0 Å². The molecule has 30 heavy (non-hydrogen) atoms. The summed E-state index contributed by atoms with van der Waals surface area (Å²) in [7, 11) is -3.64. The molecule has 0 spiro atoms. The first-order chi connectivity index (χ1) is 14.4. The Morgan fingerprint density at radius 2 is 1.87 bits per heavy atom. The van der Waals surface area contributed by atoms with Gasteiger partial charge in [0.1, 0.15) is 0 Å². The zero-order valence-electron chi connectivity index (χ0n) is 15.8. The summed E-state index contributed by atoms with van der Waals surface area (Å²) in [6, 6.07) is 12.2. The normalized spacial score (nSPS) is 15.1. The molecule has 0 aliphatic carbocycles. The summed E-state index contributed by atoms with van der Waals surface area (Å²) in [5.41, 5.74) is 1.21. The van der Waals surface area contributed by atoms with Crippen LogP contribution in [-0.4, -0.2) is 49.1 Å². The Bertz CT molecular complexity index is 1190. The van der Waals surface area contributed by atoms with Crippen LogP contribution in [0.1, 0.15) is 0 Å². The fraction of sp³-hybridized carbons (Fsp3) is 0.200. The highest BCUT2D eigenvalue weighted by Crippen LogP contribution is 2.28. The molecule has 0 saturated carbocycles. The first kappa shape index (κ1) is 21.0. The van der Waals surface area contributed by atoms with Crippen molar-refractivity contribution in [1.82, 2.24) is 9.29 Å². The van der Waals surface area contributed by atoms with Crippen molar-refractivity contribution in [2.75, 3.05) is 36.9 Å². The molecule has 1 saturated heterocycles. The highest BCUT2D eigenvalue weighted by molar-refractivity contribution is 7.89. The minimum atomic E-state index is -3.64. The summed E-state index contributed by atoms with van der Waals surface area (Å²) in [6.07, 6.45) is 3.48. The van der Waals surface area contributed by atoms with Crippen molar-refractivity contribution >= 4 is 61.1 Å². The number of nitrogens with one attached hydrogen (secondary N) is 2. The fourth-order valence-corrected chi connectivity index (χ4v) is 5.02. The van der Waals surface area contributed by atoms with Gasteiger partial charge in [0.15, 0.2) is 5.11 Å². The second kappa shape index (κ2) is 8.83. The lowest BCUT2D eigenvalue weighted by atomic mass is 10.1. The fourth-order valence-electron chi connectivity index (χ4n) is 3.20. The monoisotopic (exact) mass is 462 g/mol. The van der Waals surface area contributed by atoms with E-state index >= 15 is 0 Å². The van der Waals surface area contributed by atoms with Crippen LogP contribution < -0.4 is 10.6 Å². The van der Waals surface area contributed by atoms with Crippen molar-refractivity contribution in [2.45, 2.75) is 4.90 Å². The Hall–Kier alpha value is -2.30. The van der Waals surface area contributed by atoms with Gasteiger partial charge >= 0.3 is 0 Å². The smallest absolute Gasteiger partial charge is 0.243 e. The molecule has 7 nitrogen and oxygen atoms in total. The SMILES string of the molecule is O=S(=O)(c1ccc(Cl)c(NC(=S)Nc2cccc3cnccc23)c1)N1CCOCC1. The van der Waals surface area contributed by atoms with Gasteiger partial charge in [0, 0.05) is 41.9 Å². The van der Waals surface area contributed by atoms with Gasteiger partial charge in [-0.25, -0.2) is 8.42 Å². The predicted octanol–water partition coefficient (Wildman–Crippen LogP) is 3.72. The number of rotatable bonds is 4. The number of benzene rings is 2. The third kappa shape index (κ3) is 4.40. The molecule has 4 rings (SSSR count). The number of pyridine rings is 1. The molecule has 0 bridgehead atoms. The van der Waals surface area contributed by atoms with Crippen LogP contribution in [0.4, 0.5) is 11.4 Å². The Balaban J connectivity index is 1.55. The summed E-state index contributed by atoms with van der Waals surface area (Å²) < 4.78 is 32.5. The number of sulfonamides is 1. The molecule has 0 radical (unpaired) electrons. The summed E-state index contributed by atoms with van der Waals surface area (Å²) in [5.74, 6) is 0. The van der Waals surface area contributed by atoms with E-state index in [1.165, 1.54) is 16.4 Å². The highest BCUT2D eigenvalue weighted by atomic mass is 35.5. The van der Waals surface area contributed by atoms with Crippen LogP contribution in [0, 0.1) is 0 Å². The molecule has 0 unspecified atom stereocenters. The average molecular weight is 463 g/mol. The van der Waals surface area contributed by atoms with E-state index in [0.717, 1.165) is 16.5 Å². The molecule has 1 aromatic heterocycles. The predicted molar refractivity (Wildman–Crippen MR) is 123 cm³/mol. The van der Waals surface area contributed by atoms with Crippen molar-refractivity contribution in [3.05, 3.63) is 59.9 Å². The third-order valence-electron chi connectivity index (χ3n) is 4.72. The van der Waals surface area contributed by atoms with Crippen LogP contribution in [-0.2, 0) is 14.8 Å². The molecule has 0 amide bonds. The van der Waals surface area contributed by atoms with Gasteiger partial charge in [-0.05, 0) is 42.5 Å². The summed E-state index contributed by atoms with van der Waals surface area (Å²) in [4.78, 5) is 4.27. The first-order valence-electron chi connectivity index (χ1n) is 9.23. The Kier molecular flexibility index (Phi) is 6.16. The summed E-state index contributed by atoms with van der Waals surface area (Å²) in [5, 5.41) is 8.74. The van der Waals surface area contributed by atoms with Gasteiger partial charge in [-0.3, -0.25) is 4.98 Å². The number of thiocarbonyl (C=S) groups is 1. The molecule has 2 heterocycles. The minimum absolute atomic E-state index is 0.148. The second-order valence-electron chi connectivity index (χ2n) is 6.64. The van der Waals surface area contributed by atoms with Crippen molar-refractivity contribution in [3.8, 4) is 0 Å². The maximum atomic E-state index is 12.9. The van der Waals surface area contributed by atoms with Crippen LogP contribution >= 0.6 is 23.8 Å². The van der Waals surface area contributed by atoms with Gasteiger partial charge in [0.05, 0.1) is 28.8 Å². The summed E-state index contributed by atoms with van der Waals surface area (Å²) >= 11 is 11.7. The van der Waals surface area contributed by atoms with Crippen LogP contribution in [0.2, 0.25) is 5.02 Å². The number of aromatic nitrogens is 1. The maximum Gasteiger partial charge on any atom is 0.243 e. The molecule has 1 fully saturated rings. The lowest BCUT2D eigenvalue weighted by Gasteiger charge is -2.26. The Morgan fingerprint density at radius 1 is 1.10 bits per heavy atom. The van der Waals surface area contributed by atoms with Crippen LogP contribution in [0.25, 0.3) is 10.8 Å². The van der Waals surface area contributed by atoms with Gasteiger partial charge in [-0.15, -0.1) is 0 Å². The lowest BCUT2D eigenvalue weighted by molar-refractivity contribution is 0.0730. The number of fused-ring (bicyclic) bond motifs is 1. The number of hydrogen-bond acceptors (Lipinski definition) is 5. The second-order valence-corrected chi connectivity index (χ2v) is 9.39. The molecule has 0 atom stereocenters. The first-order valence-corrected chi connectivity index (χ1v) is 11.5. The number of halogens is 1. The van der Waals surface area contributed by atoms with E-state index in [-0.39, 0.29) is 4.90 Å². The quantitative estimate of drug-likeness (QED) is 0.571. The molecular weight excluding hydrogens is 444 g/mol. The Labute approximate surface area is 185 Å². The van der Waals surface area contributed by atoms with Crippen LogP contribution in [0.5, 0.6) is 0 Å². The van der Waals surface area contributed by atoms with Crippen molar-refractivity contribution in [1.29, 1.82) is 0 Å². The average Bonchev–Trinajstić information content (AvgIpc) is 2.76. The molecule has 2 aromatic carbocycles. The van der Waals surface area contributed by atoms with Crippen molar-refractivity contribution in [2.24, 2.45) is 0 Å². The zero-order chi connectivity index (χ0) is 21.1. The number of nitrogens with zero attached hydrogens (tertiary/aromatic N) is 2. The van der Waals surface area contributed by atoms with Crippen molar-refractivity contribution in [3.63, 3.8) is 0 Å². The molecular formula is C20H19ClN4O3S2. The van der Waals surface area contributed by atoms with E-state index in [2.05, 4.69) is 15.6 Å². The number of anilines is 2. The zero-order valence-corrected chi connectivity index (χ0v) is 18.2. The third-order valence-corrected chi connectivity index (χ3v) is 7.15. The van der Waals surface area contributed by atoms with Crippen molar-refractivity contribution < 1.29 is 13.2 Å². The van der Waals surface area contributed by atoms with E-state index in [1.807, 2.05) is 24.3 Å². The number of morpholine rings is 1. The van der Waals surface area contributed by atoms with E-state index in [9.17, 15) is 8.42 Å². The highest BCUT2D eigenvalue weighted by Gasteiger charge is 2.27. The molecule has 3 aromatic rings. The largest absolute Gasteiger partial charge is 0.379 e. The van der Waals surface area contributed by atoms with Gasteiger partial charge in [0.2, 0.25) is 10.0 Å². The van der Waals surface area contributed by atoms with E-state index in [0.29, 0.717) is 42.1 Å².